The van der Waals surface area contributed by atoms with Crippen LogP contribution >= 0.6 is 0 Å². The maximum absolute atomic E-state index is 4.36. The Bertz CT molecular complexity index is 340. The fourth-order valence-corrected chi connectivity index (χ4v) is 2.70. The average molecular weight is 189 g/mol. The van der Waals surface area contributed by atoms with Gasteiger partial charge in [0.15, 0.2) is 0 Å². The van der Waals surface area contributed by atoms with Crippen LogP contribution in [0.15, 0.2) is 12.3 Å². The highest BCUT2D eigenvalue weighted by atomic mass is 15.1. The van der Waals surface area contributed by atoms with Crippen LogP contribution in [0.2, 0.25) is 0 Å². The van der Waals surface area contributed by atoms with Crippen LogP contribution in [0.4, 0.5) is 5.95 Å². The second-order valence-corrected chi connectivity index (χ2v) is 4.45. The van der Waals surface area contributed by atoms with E-state index < -0.39 is 0 Å². The van der Waals surface area contributed by atoms with Crippen molar-refractivity contribution >= 4 is 5.95 Å². The molecule has 2 aliphatic carbocycles. The van der Waals surface area contributed by atoms with E-state index in [1.54, 1.807) is 0 Å². The molecular weight excluding hydrogens is 174 g/mol. The molecule has 3 heteroatoms. The van der Waals surface area contributed by atoms with Crippen molar-refractivity contribution in [1.29, 1.82) is 0 Å². The smallest absolute Gasteiger partial charge is 0.223 e. The molecular formula is C11H15N3. The first-order chi connectivity index (χ1) is 6.84. The lowest BCUT2D eigenvalue weighted by molar-refractivity contribution is 0.692. The Hall–Kier alpha value is -1.12. The molecule has 3 rings (SSSR count). The van der Waals surface area contributed by atoms with Crippen molar-refractivity contribution in [2.45, 2.75) is 32.2 Å². The number of aromatic nitrogens is 2. The quantitative estimate of drug-likeness (QED) is 0.773. The van der Waals surface area contributed by atoms with Gasteiger partial charge < -0.3 is 5.32 Å². The molecule has 0 aromatic carbocycles. The van der Waals surface area contributed by atoms with Gasteiger partial charge in [-0.2, -0.15) is 0 Å². The predicted molar refractivity (Wildman–Crippen MR) is 55.0 cm³/mol. The Morgan fingerprint density at radius 2 is 2.14 bits per heavy atom. The van der Waals surface area contributed by atoms with E-state index in [1.807, 2.05) is 19.2 Å². The van der Waals surface area contributed by atoms with E-state index >= 15 is 0 Å². The Balaban J connectivity index is 1.68. The normalized spacial score (nSPS) is 33.9. The fraction of sp³-hybridized carbons (Fsp3) is 0.636. The Labute approximate surface area is 84.0 Å². The van der Waals surface area contributed by atoms with Crippen LogP contribution in [0.1, 0.15) is 25.0 Å². The van der Waals surface area contributed by atoms with Gasteiger partial charge in [0.1, 0.15) is 0 Å². The van der Waals surface area contributed by atoms with Crippen LogP contribution in [0, 0.1) is 18.8 Å². The first-order valence-electron chi connectivity index (χ1n) is 5.41. The summed E-state index contributed by atoms with van der Waals surface area (Å²) in [6.07, 6.45) is 6.04. The van der Waals surface area contributed by atoms with Crippen LogP contribution < -0.4 is 5.32 Å². The molecule has 1 aromatic heterocycles. The maximum atomic E-state index is 4.36. The van der Waals surface area contributed by atoms with Gasteiger partial charge in [0, 0.05) is 17.9 Å². The minimum Gasteiger partial charge on any atom is -0.351 e. The molecule has 0 bridgehead atoms. The van der Waals surface area contributed by atoms with Crippen LogP contribution in [0.5, 0.6) is 0 Å². The summed E-state index contributed by atoms with van der Waals surface area (Å²) in [6.45, 7) is 2.00. The minimum atomic E-state index is 0.672. The second kappa shape index (κ2) is 2.94. The van der Waals surface area contributed by atoms with Gasteiger partial charge in [-0.05, 0) is 37.7 Å². The lowest BCUT2D eigenvalue weighted by Crippen LogP contribution is -2.11. The van der Waals surface area contributed by atoms with Gasteiger partial charge >= 0.3 is 0 Å². The molecule has 1 heterocycles. The SMILES string of the molecule is Cc1ccnc(NC2C3CCCC32)n1. The summed E-state index contributed by atoms with van der Waals surface area (Å²) in [6, 6.07) is 2.60. The van der Waals surface area contributed by atoms with E-state index in [0.717, 1.165) is 23.5 Å². The van der Waals surface area contributed by atoms with Gasteiger partial charge in [0.2, 0.25) is 5.95 Å². The van der Waals surface area contributed by atoms with Crippen molar-refractivity contribution in [3.8, 4) is 0 Å². The Morgan fingerprint density at radius 3 is 2.86 bits per heavy atom. The number of fused-ring (bicyclic) bond motifs is 1. The van der Waals surface area contributed by atoms with Crippen molar-refractivity contribution in [1.82, 2.24) is 9.97 Å². The molecule has 2 atom stereocenters. The average Bonchev–Trinajstić information content (AvgIpc) is 2.62. The fourth-order valence-electron chi connectivity index (χ4n) is 2.70. The van der Waals surface area contributed by atoms with Gasteiger partial charge in [-0.1, -0.05) is 6.42 Å². The number of aryl methyl sites for hydroxylation is 1. The molecule has 0 saturated heterocycles. The standard InChI is InChI=1S/C11H15N3/c1-7-5-6-12-11(13-7)14-10-8-3-2-4-9(8)10/h5-6,8-10H,2-4H2,1H3,(H,12,13,14). The van der Waals surface area contributed by atoms with Gasteiger partial charge in [-0.3, -0.25) is 0 Å². The number of hydrogen-bond acceptors (Lipinski definition) is 3. The first kappa shape index (κ1) is 8.21. The summed E-state index contributed by atoms with van der Waals surface area (Å²) in [5.74, 6) is 2.64. The highest BCUT2D eigenvalue weighted by Crippen LogP contribution is 2.52. The largest absolute Gasteiger partial charge is 0.351 e. The van der Waals surface area contributed by atoms with Crippen LogP contribution in [0.25, 0.3) is 0 Å². The number of anilines is 1. The summed E-state index contributed by atoms with van der Waals surface area (Å²) in [4.78, 5) is 8.58. The highest BCUT2D eigenvalue weighted by Gasteiger charge is 2.52. The molecule has 2 fully saturated rings. The van der Waals surface area contributed by atoms with Gasteiger partial charge in [0.25, 0.3) is 0 Å². The van der Waals surface area contributed by atoms with Crippen molar-refractivity contribution in [2.75, 3.05) is 5.32 Å². The zero-order valence-electron chi connectivity index (χ0n) is 8.40. The minimum absolute atomic E-state index is 0.672. The maximum Gasteiger partial charge on any atom is 0.223 e. The molecule has 2 aliphatic rings. The third kappa shape index (κ3) is 1.27. The monoisotopic (exact) mass is 189 g/mol. The van der Waals surface area contributed by atoms with Gasteiger partial charge in [0.05, 0.1) is 0 Å². The lowest BCUT2D eigenvalue weighted by Gasteiger charge is -2.06. The number of nitrogens with zero attached hydrogens (tertiary/aromatic N) is 2. The summed E-state index contributed by atoms with van der Waals surface area (Å²) in [7, 11) is 0. The first-order valence-corrected chi connectivity index (χ1v) is 5.41. The van der Waals surface area contributed by atoms with E-state index in [9.17, 15) is 0 Å². The summed E-state index contributed by atoms with van der Waals surface area (Å²) in [5.41, 5.74) is 1.04. The molecule has 2 unspecified atom stereocenters. The molecule has 74 valence electrons. The second-order valence-electron chi connectivity index (χ2n) is 4.45. The van der Waals surface area contributed by atoms with Crippen molar-refractivity contribution < 1.29 is 0 Å². The van der Waals surface area contributed by atoms with Crippen molar-refractivity contribution in [3.05, 3.63) is 18.0 Å². The van der Waals surface area contributed by atoms with Crippen molar-refractivity contribution in [3.63, 3.8) is 0 Å². The van der Waals surface area contributed by atoms with E-state index in [0.29, 0.717) is 6.04 Å². The van der Waals surface area contributed by atoms with E-state index in [1.165, 1.54) is 19.3 Å². The van der Waals surface area contributed by atoms with E-state index in [2.05, 4.69) is 15.3 Å². The summed E-state index contributed by atoms with van der Waals surface area (Å²) >= 11 is 0. The summed E-state index contributed by atoms with van der Waals surface area (Å²) < 4.78 is 0. The highest BCUT2D eigenvalue weighted by molar-refractivity contribution is 5.32. The molecule has 3 nitrogen and oxygen atoms in total. The zero-order chi connectivity index (χ0) is 9.54. The molecule has 0 amide bonds. The van der Waals surface area contributed by atoms with E-state index in [4.69, 9.17) is 0 Å². The molecule has 14 heavy (non-hydrogen) atoms. The third-order valence-electron chi connectivity index (χ3n) is 3.50. The van der Waals surface area contributed by atoms with Gasteiger partial charge in [-0.25, -0.2) is 9.97 Å². The third-order valence-corrected chi connectivity index (χ3v) is 3.50. The van der Waals surface area contributed by atoms with Crippen molar-refractivity contribution in [2.24, 2.45) is 11.8 Å². The Kier molecular flexibility index (Phi) is 1.72. The topological polar surface area (TPSA) is 37.8 Å². The summed E-state index contributed by atoms with van der Waals surface area (Å²) in [5, 5.41) is 3.44. The lowest BCUT2D eigenvalue weighted by atomic mass is 10.2. The molecule has 2 saturated carbocycles. The van der Waals surface area contributed by atoms with E-state index in [-0.39, 0.29) is 0 Å². The van der Waals surface area contributed by atoms with Crippen LogP contribution in [-0.2, 0) is 0 Å². The Morgan fingerprint density at radius 1 is 1.36 bits per heavy atom. The molecule has 1 N–H and O–H groups in total. The van der Waals surface area contributed by atoms with Gasteiger partial charge in [-0.15, -0.1) is 0 Å². The molecule has 0 aliphatic heterocycles. The molecule has 0 spiro atoms. The van der Waals surface area contributed by atoms with Crippen LogP contribution in [0.3, 0.4) is 0 Å². The van der Waals surface area contributed by atoms with Crippen LogP contribution in [-0.4, -0.2) is 16.0 Å². The number of hydrogen-bond donors (Lipinski definition) is 1. The zero-order valence-corrected chi connectivity index (χ0v) is 8.40. The predicted octanol–water partition coefficient (Wildman–Crippen LogP) is 2.00. The number of nitrogens with one attached hydrogen (secondary N) is 1. The molecule has 0 radical (unpaired) electrons. The number of rotatable bonds is 2. The molecule has 1 aromatic rings.